The third-order valence-electron chi connectivity index (χ3n) is 3.74. The summed E-state index contributed by atoms with van der Waals surface area (Å²) in [6, 6.07) is 5.27. The number of imide groups is 1. The second-order valence-electron chi connectivity index (χ2n) is 5.61. The molecule has 1 saturated heterocycles. The van der Waals surface area contributed by atoms with E-state index in [2.05, 4.69) is 10.5 Å². The number of carbonyl (C=O) groups excluding carboxylic acids is 3. The summed E-state index contributed by atoms with van der Waals surface area (Å²) in [5.74, 6) is -1.43. The number of carbonyl (C=O) groups is 3. The number of nitrogens with one attached hydrogen (secondary N) is 1. The van der Waals surface area contributed by atoms with Crippen LogP contribution in [0.4, 0.5) is 20.8 Å². The first-order chi connectivity index (χ1) is 11.9. The third-order valence-corrected chi connectivity index (χ3v) is 3.74. The summed E-state index contributed by atoms with van der Waals surface area (Å²) in [7, 11) is 0. The van der Waals surface area contributed by atoms with Gasteiger partial charge in [-0.25, -0.2) is 9.18 Å². The van der Waals surface area contributed by atoms with Crippen LogP contribution >= 0.6 is 0 Å². The molecule has 2 aromatic rings. The van der Waals surface area contributed by atoms with Crippen LogP contribution in [-0.2, 0) is 9.59 Å². The van der Waals surface area contributed by atoms with Crippen LogP contribution in [0.2, 0.25) is 0 Å². The Labute approximate surface area is 142 Å². The average molecular weight is 346 g/mol. The van der Waals surface area contributed by atoms with E-state index in [-0.39, 0.29) is 5.88 Å². The SMILES string of the molecule is Cc1cc(NC(=O)CN2C(=O)C(C)N(c3ccc(F)cc3)C2=O)on1. The summed E-state index contributed by atoms with van der Waals surface area (Å²) in [6.07, 6.45) is 0. The number of hydrogen-bond acceptors (Lipinski definition) is 5. The molecule has 8 nitrogen and oxygen atoms in total. The highest BCUT2D eigenvalue weighted by atomic mass is 19.1. The molecule has 0 radical (unpaired) electrons. The molecule has 1 N–H and O–H groups in total. The van der Waals surface area contributed by atoms with Crippen molar-refractivity contribution in [1.82, 2.24) is 10.1 Å². The van der Waals surface area contributed by atoms with Gasteiger partial charge >= 0.3 is 6.03 Å². The number of urea groups is 1. The normalized spacial score (nSPS) is 17.3. The van der Waals surface area contributed by atoms with E-state index in [0.717, 1.165) is 4.90 Å². The Morgan fingerprint density at radius 1 is 1.32 bits per heavy atom. The van der Waals surface area contributed by atoms with Gasteiger partial charge in [-0.2, -0.15) is 0 Å². The van der Waals surface area contributed by atoms with E-state index < -0.39 is 36.2 Å². The van der Waals surface area contributed by atoms with Gasteiger partial charge in [0, 0.05) is 11.8 Å². The minimum Gasteiger partial charge on any atom is -0.338 e. The van der Waals surface area contributed by atoms with Crippen LogP contribution in [0.15, 0.2) is 34.9 Å². The van der Waals surface area contributed by atoms with Crippen molar-refractivity contribution in [1.29, 1.82) is 0 Å². The molecule has 4 amide bonds. The summed E-state index contributed by atoms with van der Waals surface area (Å²) in [5, 5.41) is 6.05. The number of rotatable bonds is 4. The van der Waals surface area contributed by atoms with Crippen molar-refractivity contribution < 1.29 is 23.3 Å². The molecule has 25 heavy (non-hydrogen) atoms. The van der Waals surface area contributed by atoms with Crippen LogP contribution in [0, 0.1) is 12.7 Å². The van der Waals surface area contributed by atoms with E-state index >= 15 is 0 Å². The number of aromatic nitrogens is 1. The Morgan fingerprint density at radius 2 is 2.00 bits per heavy atom. The fourth-order valence-corrected chi connectivity index (χ4v) is 2.55. The van der Waals surface area contributed by atoms with Crippen molar-refractivity contribution in [2.75, 3.05) is 16.8 Å². The van der Waals surface area contributed by atoms with Gasteiger partial charge in [0.2, 0.25) is 11.8 Å². The number of halogens is 1. The van der Waals surface area contributed by atoms with E-state index in [1.165, 1.54) is 35.2 Å². The average Bonchev–Trinajstić information content (AvgIpc) is 3.06. The monoisotopic (exact) mass is 346 g/mol. The summed E-state index contributed by atoms with van der Waals surface area (Å²) >= 11 is 0. The van der Waals surface area contributed by atoms with Crippen molar-refractivity contribution in [2.45, 2.75) is 19.9 Å². The van der Waals surface area contributed by atoms with Gasteiger partial charge in [0.05, 0.1) is 5.69 Å². The first-order valence-electron chi connectivity index (χ1n) is 7.50. The van der Waals surface area contributed by atoms with E-state index in [1.807, 2.05) is 0 Å². The quantitative estimate of drug-likeness (QED) is 0.853. The topological polar surface area (TPSA) is 95.8 Å². The van der Waals surface area contributed by atoms with Gasteiger partial charge in [0.1, 0.15) is 18.4 Å². The van der Waals surface area contributed by atoms with Crippen molar-refractivity contribution in [3.63, 3.8) is 0 Å². The second-order valence-corrected chi connectivity index (χ2v) is 5.61. The van der Waals surface area contributed by atoms with Gasteiger partial charge in [-0.1, -0.05) is 5.16 Å². The molecular weight excluding hydrogens is 331 g/mol. The molecule has 3 rings (SSSR count). The van der Waals surface area contributed by atoms with E-state index in [1.54, 1.807) is 13.8 Å². The molecule has 1 aliphatic rings. The lowest BCUT2D eigenvalue weighted by molar-refractivity contribution is -0.130. The molecule has 1 unspecified atom stereocenters. The molecule has 0 aliphatic carbocycles. The van der Waals surface area contributed by atoms with Crippen LogP contribution < -0.4 is 10.2 Å². The maximum atomic E-state index is 13.1. The van der Waals surface area contributed by atoms with Gasteiger partial charge in [0.15, 0.2) is 0 Å². The zero-order valence-corrected chi connectivity index (χ0v) is 13.5. The predicted molar refractivity (Wildman–Crippen MR) is 85.3 cm³/mol. The van der Waals surface area contributed by atoms with Crippen LogP contribution in [0.3, 0.4) is 0 Å². The molecule has 1 aliphatic heterocycles. The fourth-order valence-electron chi connectivity index (χ4n) is 2.55. The molecule has 1 fully saturated rings. The van der Waals surface area contributed by atoms with E-state index in [4.69, 9.17) is 4.52 Å². The Morgan fingerprint density at radius 3 is 2.60 bits per heavy atom. The van der Waals surface area contributed by atoms with Crippen LogP contribution in [0.25, 0.3) is 0 Å². The summed E-state index contributed by atoms with van der Waals surface area (Å²) in [5.41, 5.74) is 0.959. The summed E-state index contributed by atoms with van der Waals surface area (Å²) in [6.45, 7) is 2.77. The molecule has 0 spiro atoms. The maximum absolute atomic E-state index is 13.1. The lowest BCUT2D eigenvalue weighted by Gasteiger charge is -2.19. The highest BCUT2D eigenvalue weighted by molar-refractivity contribution is 6.15. The predicted octanol–water partition coefficient (Wildman–Crippen LogP) is 1.92. The van der Waals surface area contributed by atoms with Crippen molar-refractivity contribution >= 4 is 29.4 Å². The Hall–Kier alpha value is -3.23. The highest BCUT2D eigenvalue weighted by Crippen LogP contribution is 2.25. The van der Waals surface area contributed by atoms with E-state index in [9.17, 15) is 18.8 Å². The van der Waals surface area contributed by atoms with Gasteiger partial charge in [-0.05, 0) is 38.1 Å². The number of anilines is 2. The lowest BCUT2D eigenvalue weighted by Crippen LogP contribution is -2.39. The minimum atomic E-state index is -0.793. The summed E-state index contributed by atoms with van der Waals surface area (Å²) in [4.78, 5) is 39.0. The molecule has 0 bridgehead atoms. The van der Waals surface area contributed by atoms with Crippen molar-refractivity contribution in [3.05, 3.63) is 41.8 Å². The first kappa shape index (κ1) is 16.6. The molecule has 1 atom stereocenters. The molecule has 9 heteroatoms. The maximum Gasteiger partial charge on any atom is 0.332 e. The smallest absolute Gasteiger partial charge is 0.332 e. The Balaban J connectivity index is 1.73. The molecule has 2 heterocycles. The third kappa shape index (κ3) is 3.21. The second kappa shape index (κ2) is 6.34. The largest absolute Gasteiger partial charge is 0.338 e. The molecular formula is C16H15FN4O4. The summed E-state index contributed by atoms with van der Waals surface area (Å²) < 4.78 is 17.9. The van der Waals surface area contributed by atoms with Crippen molar-refractivity contribution in [2.24, 2.45) is 0 Å². The Bertz CT molecular complexity index is 833. The number of benzene rings is 1. The zero-order valence-electron chi connectivity index (χ0n) is 13.5. The number of amides is 4. The molecule has 1 aromatic heterocycles. The van der Waals surface area contributed by atoms with E-state index in [0.29, 0.717) is 11.4 Å². The first-order valence-corrected chi connectivity index (χ1v) is 7.50. The standard InChI is InChI=1S/C16H15FN4O4/c1-9-7-14(25-19-9)18-13(22)8-20-15(23)10(2)21(16(20)24)12-5-3-11(17)4-6-12/h3-7,10H,8H2,1-2H3,(H,18,22). The lowest BCUT2D eigenvalue weighted by atomic mass is 10.2. The molecule has 1 aromatic carbocycles. The van der Waals surface area contributed by atoms with Gasteiger partial charge in [-0.3, -0.25) is 24.7 Å². The van der Waals surface area contributed by atoms with Crippen LogP contribution in [0.5, 0.6) is 0 Å². The van der Waals surface area contributed by atoms with Crippen molar-refractivity contribution in [3.8, 4) is 0 Å². The number of aryl methyl sites for hydroxylation is 1. The van der Waals surface area contributed by atoms with Gasteiger partial charge in [-0.15, -0.1) is 0 Å². The van der Waals surface area contributed by atoms with Gasteiger partial charge < -0.3 is 4.52 Å². The molecule has 130 valence electrons. The minimum absolute atomic E-state index is 0.130. The highest BCUT2D eigenvalue weighted by Gasteiger charge is 2.44. The fraction of sp³-hybridized carbons (Fsp3) is 0.250. The number of hydrogen-bond donors (Lipinski definition) is 1. The number of nitrogens with zero attached hydrogens (tertiary/aromatic N) is 3. The molecule has 0 saturated carbocycles. The van der Waals surface area contributed by atoms with Gasteiger partial charge in [0.25, 0.3) is 5.91 Å². The zero-order chi connectivity index (χ0) is 18.1. The van der Waals surface area contributed by atoms with Crippen LogP contribution in [-0.4, -0.2) is 40.5 Å². The Kier molecular flexibility index (Phi) is 4.22. The van der Waals surface area contributed by atoms with Crippen LogP contribution in [0.1, 0.15) is 12.6 Å².